The molecule has 0 saturated heterocycles. The molecule has 1 unspecified atom stereocenters. The minimum absolute atomic E-state index is 0.0244. The normalized spacial score (nSPS) is 13.1. The van der Waals surface area contributed by atoms with Crippen LogP contribution in [0.3, 0.4) is 0 Å². The fraction of sp³-hybridized carbons (Fsp3) is 0.312. The molecule has 0 spiro atoms. The van der Waals surface area contributed by atoms with Crippen molar-refractivity contribution in [3.05, 3.63) is 39.5 Å². The second kappa shape index (κ2) is 10.1. The van der Waals surface area contributed by atoms with Gasteiger partial charge in [-0.25, -0.2) is 14.4 Å². The third-order valence-electron chi connectivity index (χ3n) is 3.23. The van der Waals surface area contributed by atoms with Crippen molar-refractivity contribution in [3.63, 3.8) is 0 Å². The minimum Gasteiger partial charge on any atom is -0.450 e. The lowest BCUT2D eigenvalue weighted by atomic mass is 10.2. The lowest BCUT2D eigenvalue weighted by molar-refractivity contribution is -0.259. The van der Waals surface area contributed by atoms with E-state index in [2.05, 4.69) is 16.1 Å². The van der Waals surface area contributed by atoms with Gasteiger partial charge in [0.05, 0.1) is 5.56 Å². The Bertz CT molecular complexity index is 1040. The SMILES string of the molecule is C=C(C)C(=O)Oc1ccc(I)c(C(=O)OCC(=O)OC(C(F)(F)F)C(F)(F)S(=O)(=O)O)c1. The first-order valence-electron chi connectivity index (χ1n) is 7.83. The van der Waals surface area contributed by atoms with Gasteiger partial charge in [-0.1, -0.05) is 6.58 Å². The smallest absolute Gasteiger partial charge is 0.432 e. The first-order valence-corrected chi connectivity index (χ1v) is 10.3. The van der Waals surface area contributed by atoms with Crippen LogP contribution in [-0.2, 0) is 29.2 Å². The summed E-state index contributed by atoms with van der Waals surface area (Å²) in [6.45, 7) is 3.06. The lowest BCUT2D eigenvalue weighted by Gasteiger charge is -2.25. The molecule has 0 aliphatic rings. The molecule has 0 aliphatic heterocycles. The molecule has 32 heavy (non-hydrogen) atoms. The van der Waals surface area contributed by atoms with Crippen molar-refractivity contribution in [3.8, 4) is 5.75 Å². The maximum Gasteiger partial charge on any atom is 0.432 e. The Balaban J connectivity index is 2.95. The van der Waals surface area contributed by atoms with Crippen LogP contribution in [0.15, 0.2) is 30.4 Å². The lowest BCUT2D eigenvalue weighted by Crippen LogP contribution is -2.52. The predicted molar refractivity (Wildman–Crippen MR) is 102 cm³/mol. The van der Waals surface area contributed by atoms with E-state index < -0.39 is 52.2 Å². The largest absolute Gasteiger partial charge is 0.450 e. The van der Waals surface area contributed by atoms with Crippen LogP contribution < -0.4 is 4.74 Å². The number of alkyl halides is 5. The molecule has 0 bridgehead atoms. The van der Waals surface area contributed by atoms with Crippen molar-refractivity contribution < 1.29 is 63.5 Å². The average molecular weight is 602 g/mol. The maximum atomic E-state index is 13.4. The van der Waals surface area contributed by atoms with Gasteiger partial charge in [-0.05, 0) is 47.7 Å². The van der Waals surface area contributed by atoms with Gasteiger partial charge in [0.1, 0.15) is 5.75 Å². The number of carbonyl (C=O) groups excluding carboxylic acids is 3. The molecule has 0 aromatic heterocycles. The molecular weight excluding hydrogens is 590 g/mol. The Labute approximate surface area is 190 Å². The van der Waals surface area contributed by atoms with Crippen LogP contribution in [0.25, 0.3) is 0 Å². The van der Waals surface area contributed by atoms with Gasteiger partial charge in [0.15, 0.2) is 6.61 Å². The average Bonchev–Trinajstić information content (AvgIpc) is 2.63. The van der Waals surface area contributed by atoms with Crippen LogP contribution >= 0.6 is 22.6 Å². The van der Waals surface area contributed by atoms with Gasteiger partial charge in [0.25, 0.3) is 6.10 Å². The number of hydrogen-bond acceptors (Lipinski definition) is 8. The summed E-state index contributed by atoms with van der Waals surface area (Å²) >= 11 is 1.63. The standard InChI is InChI=1S/C16H12F5IO9S/c1-7(2)12(24)30-8-3-4-10(22)9(5-8)13(25)29-6-11(23)31-14(15(17,18)19)16(20,21)32(26,27)28/h3-5,14H,1,6H2,2H3,(H,26,27,28). The van der Waals surface area contributed by atoms with Crippen molar-refractivity contribution >= 4 is 50.6 Å². The van der Waals surface area contributed by atoms with Crippen molar-refractivity contribution in [1.29, 1.82) is 0 Å². The quantitative estimate of drug-likeness (QED) is 0.119. The monoisotopic (exact) mass is 602 g/mol. The van der Waals surface area contributed by atoms with Crippen molar-refractivity contribution in [2.45, 2.75) is 24.5 Å². The fourth-order valence-electron chi connectivity index (χ4n) is 1.75. The summed E-state index contributed by atoms with van der Waals surface area (Å²) in [5.41, 5.74) is -0.294. The second-order valence-corrected chi connectivity index (χ2v) is 8.49. The Morgan fingerprint density at radius 1 is 1.19 bits per heavy atom. The summed E-state index contributed by atoms with van der Waals surface area (Å²) in [7, 11) is -6.62. The first-order chi connectivity index (χ1) is 14.4. The Morgan fingerprint density at radius 3 is 2.22 bits per heavy atom. The van der Waals surface area contributed by atoms with Gasteiger partial charge in [-0.2, -0.15) is 30.4 Å². The molecule has 0 amide bonds. The van der Waals surface area contributed by atoms with Crippen LogP contribution in [0.1, 0.15) is 17.3 Å². The van der Waals surface area contributed by atoms with Gasteiger partial charge < -0.3 is 14.2 Å². The number of esters is 3. The summed E-state index contributed by atoms with van der Waals surface area (Å²) in [6.07, 6.45) is -10.7. The number of benzene rings is 1. The van der Waals surface area contributed by atoms with Crippen LogP contribution in [-0.4, -0.2) is 55.0 Å². The summed E-state index contributed by atoms with van der Waals surface area (Å²) in [4.78, 5) is 35.1. The fourth-order valence-corrected chi connectivity index (χ4v) is 2.76. The molecule has 1 N–H and O–H groups in total. The van der Waals surface area contributed by atoms with Gasteiger partial charge in [-0.3, -0.25) is 4.55 Å². The van der Waals surface area contributed by atoms with Crippen LogP contribution in [0.2, 0.25) is 0 Å². The number of rotatable bonds is 8. The number of carbonyl (C=O) groups is 3. The second-order valence-electron chi connectivity index (χ2n) is 5.84. The molecule has 1 aromatic rings. The summed E-state index contributed by atoms with van der Waals surface area (Å²) < 4.78 is 107. The van der Waals surface area contributed by atoms with Crippen LogP contribution in [0.5, 0.6) is 5.75 Å². The van der Waals surface area contributed by atoms with E-state index in [1.807, 2.05) is 0 Å². The Kier molecular flexibility index (Phi) is 8.72. The van der Waals surface area contributed by atoms with Crippen LogP contribution in [0.4, 0.5) is 22.0 Å². The molecule has 1 rings (SSSR count). The first kappa shape index (κ1) is 27.7. The molecule has 1 atom stereocenters. The van der Waals surface area contributed by atoms with E-state index in [1.54, 1.807) is 22.6 Å². The van der Waals surface area contributed by atoms with Gasteiger partial charge in [0, 0.05) is 9.14 Å². The Morgan fingerprint density at radius 2 is 1.75 bits per heavy atom. The van der Waals surface area contributed by atoms with E-state index in [0.717, 1.165) is 6.07 Å². The molecule has 0 saturated carbocycles. The topological polar surface area (TPSA) is 133 Å². The van der Waals surface area contributed by atoms with Crippen molar-refractivity contribution in [2.75, 3.05) is 6.61 Å². The highest BCUT2D eigenvalue weighted by atomic mass is 127. The third-order valence-corrected chi connectivity index (χ3v) is 5.08. The zero-order chi connectivity index (χ0) is 25.1. The molecule has 9 nitrogen and oxygen atoms in total. The zero-order valence-corrected chi connectivity index (χ0v) is 18.6. The van der Waals surface area contributed by atoms with Crippen molar-refractivity contribution in [2.24, 2.45) is 0 Å². The van der Waals surface area contributed by atoms with E-state index in [9.17, 15) is 44.8 Å². The molecular formula is C16H12F5IO9S. The van der Waals surface area contributed by atoms with Gasteiger partial charge >= 0.3 is 39.5 Å². The van der Waals surface area contributed by atoms with Gasteiger partial charge in [0.2, 0.25) is 0 Å². The highest BCUT2D eigenvalue weighted by Gasteiger charge is 2.66. The zero-order valence-electron chi connectivity index (χ0n) is 15.6. The maximum absolute atomic E-state index is 13.4. The van der Waals surface area contributed by atoms with E-state index in [-0.39, 0.29) is 20.5 Å². The summed E-state index contributed by atoms with van der Waals surface area (Å²) in [6, 6.07) is 3.54. The molecule has 178 valence electrons. The highest BCUT2D eigenvalue weighted by molar-refractivity contribution is 14.1. The van der Waals surface area contributed by atoms with E-state index in [1.165, 1.54) is 19.1 Å². The third kappa shape index (κ3) is 7.09. The number of ether oxygens (including phenoxy) is 3. The number of hydrogen-bond donors (Lipinski definition) is 1. The van der Waals surface area contributed by atoms with Gasteiger partial charge in [-0.15, -0.1) is 0 Å². The molecule has 16 heteroatoms. The molecule has 0 fully saturated rings. The van der Waals surface area contributed by atoms with Crippen LogP contribution in [0, 0.1) is 3.57 Å². The summed E-state index contributed by atoms with van der Waals surface area (Å²) in [5, 5.41) is -5.93. The number of halogens is 6. The van der Waals surface area contributed by atoms with E-state index >= 15 is 0 Å². The molecule has 0 aliphatic carbocycles. The summed E-state index contributed by atoms with van der Waals surface area (Å²) in [5.74, 6) is -4.53. The van der Waals surface area contributed by atoms with E-state index in [0.29, 0.717) is 0 Å². The Hall–Kier alpha value is -2.34. The predicted octanol–water partition coefficient (Wildman–Crippen LogP) is 2.88. The minimum atomic E-state index is -6.62. The van der Waals surface area contributed by atoms with E-state index in [4.69, 9.17) is 9.29 Å². The highest BCUT2D eigenvalue weighted by Crippen LogP contribution is 2.38. The van der Waals surface area contributed by atoms with Crippen molar-refractivity contribution in [1.82, 2.24) is 0 Å². The molecule has 1 aromatic carbocycles. The molecule has 0 heterocycles. The molecule has 0 radical (unpaired) electrons.